The summed E-state index contributed by atoms with van der Waals surface area (Å²) in [4.78, 5) is 37.5. The Kier molecular flexibility index (Phi) is 5.71. The molecule has 0 saturated carbocycles. The monoisotopic (exact) mass is 469 g/mol. The van der Waals surface area contributed by atoms with Gasteiger partial charge in [-0.25, -0.2) is 9.97 Å². The van der Waals surface area contributed by atoms with Gasteiger partial charge < -0.3 is 20.9 Å². The van der Waals surface area contributed by atoms with Crippen LogP contribution in [-0.4, -0.2) is 31.3 Å². The molecule has 4 N–H and O–H groups in total. The lowest BCUT2D eigenvalue weighted by Gasteiger charge is -2.06. The van der Waals surface area contributed by atoms with Crippen molar-refractivity contribution >= 4 is 49.9 Å². The van der Waals surface area contributed by atoms with E-state index in [9.17, 15) is 9.59 Å². The first kappa shape index (κ1) is 21.3. The highest BCUT2D eigenvalue weighted by atomic mass is 32.1. The van der Waals surface area contributed by atoms with E-state index in [0.717, 1.165) is 33.5 Å². The molecule has 5 rings (SSSR count). The number of imidazole rings is 1. The topological polar surface area (TPSA) is 128 Å². The number of primary amides is 1. The average Bonchev–Trinajstić information content (AvgIpc) is 3.50. The number of rotatable bonds is 7. The van der Waals surface area contributed by atoms with Gasteiger partial charge in [-0.15, -0.1) is 0 Å². The average molecular weight is 470 g/mol. The number of carbonyl (C=O) groups is 2. The van der Waals surface area contributed by atoms with Gasteiger partial charge in [0.05, 0.1) is 17.5 Å². The molecule has 3 aromatic heterocycles. The lowest BCUT2D eigenvalue weighted by molar-refractivity contribution is 0.0997. The van der Waals surface area contributed by atoms with Crippen LogP contribution in [0.2, 0.25) is 0 Å². The summed E-state index contributed by atoms with van der Waals surface area (Å²) in [5.74, 6) is -1.09. The number of aromatic nitrogens is 4. The van der Waals surface area contributed by atoms with Crippen molar-refractivity contribution in [3.8, 4) is 0 Å². The summed E-state index contributed by atoms with van der Waals surface area (Å²) in [5, 5.41) is 7.58. The number of hydrogen-bond acceptors (Lipinski definition) is 7. The number of benzene rings is 2. The molecule has 0 radical (unpaired) electrons. The quantitative estimate of drug-likeness (QED) is 0.330. The van der Waals surface area contributed by atoms with Crippen molar-refractivity contribution < 1.29 is 9.59 Å². The lowest BCUT2D eigenvalue weighted by atomic mass is 10.1. The van der Waals surface area contributed by atoms with Crippen molar-refractivity contribution in [1.82, 2.24) is 19.5 Å². The zero-order valence-corrected chi connectivity index (χ0v) is 18.6. The third-order valence-electron chi connectivity index (χ3n) is 5.12. The SMILES string of the molecule is NC(=O)c1nc(Nc2ccnc3ccccc23)sc1NC(=O)c1ccc(Cn2ccnc2)cc1. The van der Waals surface area contributed by atoms with Crippen molar-refractivity contribution in [2.24, 2.45) is 5.73 Å². The summed E-state index contributed by atoms with van der Waals surface area (Å²) in [7, 11) is 0. The van der Waals surface area contributed by atoms with Crippen LogP contribution in [0, 0.1) is 0 Å². The molecule has 2 aromatic carbocycles. The molecule has 10 heteroatoms. The highest BCUT2D eigenvalue weighted by Gasteiger charge is 2.19. The maximum Gasteiger partial charge on any atom is 0.270 e. The normalized spacial score (nSPS) is 10.8. The van der Waals surface area contributed by atoms with E-state index in [1.807, 2.05) is 53.2 Å². The maximum absolute atomic E-state index is 12.8. The molecule has 0 aliphatic rings. The van der Waals surface area contributed by atoms with E-state index < -0.39 is 5.91 Å². The fourth-order valence-corrected chi connectivity index (χ4v) is 4.35. The van der Waals surface area contributed by atoms with Crippen LogP contribution in [0.15, 0.2) is 79.5 Å². The molecule has 34 heavy (non-hydrogen) atoms. The minimum absolute atomic E-state index is 0.00376. The maximum atomic E-state index is 12.8. The fraction of sp³-hybridized carbons (Fsp3) is 0.0417. The van der Waals surface area contributed by atoms with E-state index in [1.165, 1.54) is 0 Å². The number of nitrogens with one attached hydrogen (secondary N) is 2. The summed E-state index contributed by atoms with van der Waals surface area (Å²) in [6.07, 6.45) is 7.01. The molecule has 0 spiro atoms. The second kappa shape index (κ2) is 9.12. The lowest BCUT2D eigenvalue weighted by Crippen LogP contribution is -2.17. The number of para-hydroxylation sites is 1. The zero-order valence-electron chi connectivity index (χ0n) is 17.8. The number of nitrogens with zero attached hydrogens (tertiary/aromatic N) is 4. The zero-order chi connectivity index (χ0) is 23.5. The number of amides is 2. The molecule has 0 unspecified atom stereocenters. The Labute approximate surface area is 198 Å². The van der Waals surface area contributed by atoms with Crippen LogP contribution in [-0.2, 0) is 6.54 Å². The minimum Gasteiger partial charge on any atom is -0.364 e. The van der Waals surface area contributed by atoms with E-state index in [4.69, 9.17) is 5.73 Å². The van der Waals surface area contributed by atoms with E-state index in [0.29, 0.717) is 17.2 Å². The highest BCUT2D eigenvalue weighted by molar-refractivity contribution is 7.20. The van der Waals surface area contributed by atoms with Crippen LogP contribution in [0.5, 0.6) is 0 Å². The number of anilines is 3. The molecule has 5 aromatic rings. The van der Waals surface area contributed by atoms with Gasteiger partial charge in [-0.1, -0.05) is 41.7 Å². The van der Waals surface area contributed by atoms with E-state index in [2.05, 4.69) is 25.6 Å². The molecule has 0 bridgehead atoms. The van der Waals surface area contributed by atoms with Crippen LogP contribution in [0.4, 0.5) is 15.8 Å². The van der Waals surface area contributed by atoms with Crippen molar-refractivity contribution in [2.45, 2.75) is 6.54 Å². The molecule has 0 atom stereocenters. The third-order valence-corrected chi connectivity index (χ3v) is 6.00. The van der Waals surface area contributed by atoms with Crippen LogP contribution in [0.3, 0.4) is 0 Å². The minimum atomic E-state index is -0.727. The van der Waals surface area contributed by atoms with Crippen LogP contribution < -0.4 is 16.4 Å². The fourth-order valence-electron chi connectivity index (χ4n) is 3.47. The number of carbonyl (C=O) groups excluding carboxylic acids is 2. The van der Waals surface area contributed by atoms with Crippen molar-refractivity contribution in [2.75, 3.05) is 10.6 Å². The molecule has 0 fully saturated rings. The Bertz CT molecular complexity index is 1470. The van der Waals surface area contributed by atoms with Crippen LogP contribution in [0.25, 0.3) is 10.9 Å². The second-order valence-electron chi connectivity index (χ2n) is 7.45. The van der Waals surface area contributed by atoms with Gasteiger partial charge >= 0.3 is 0 Å². The summed E-state index contributed by atoms with van der Waals surface area (Å²) >= 11 is 1.13. The molecule has 2 amide bonds. The molecule has 0 saturated heterocycles. The number of fused-ring (bicyclic) bond motifs is 1. The largest absolute Gasteiger partial charge is 0.364 e. The van der Waals surface area contributed by atoms with Gasteiger partial charge in [0.2, 0.25) is 0 Å². The van der Waals surface area contributed by atoms with Crippen LogP contribution >= 0.6 is 11.3 Å². The highest BCUT2D eigenvalue weighted by Crippen LogP contribution is 2.32. The molecule has 168 valence electrons. The van der Waals surface area contributed by atoms with E-state index >= 15 is 0 Å². The van der Waals surface area contributed by atoms with Crippen molar-refractivity contribution in [3.63, 3.8) is 0 Å². The van der Waals surface area contributed by atoms with Gasteiger partial charge in [0.1, 0.15) is 5.00 Å². The number of pyridine rings is 1. The standard InChI is InChI=1S/C24H19N7O2S/c25-21(32)20-23(30-22(33)16-7-5-15(6-8-16)13-31-12-11-26-14-31)34-24(29-20)28-19-9-10-27-18-4-2-1-3-17(18)19/h1-12,14H,13H2,(H2,25,32)(H,30,33)(H,27,28,29). The number of thiazole rings is 1. The first-order valence-corrected chi connectivity index (χ1v) is 11.2. The first-order chi connectivity index (χ1) is 16.6. The Morgan fingerprint density at radius 3 is 2.62 bits per heavy atom. The Balaban J connectivity index is 1.35. The number of nitrogens with two attached hydrogens (primary N) is 1. The van der Waals surface area contributed by atoms with Gasteiger partial charge in [-0.05, 0) is 29.8 Å². The molecule has 9 nitrogen and oxygen atoms in total. The van der Waals surface area contributed by atoms with Gasteiger partial charge in [0.25, 0.3) is 11.8 Å². The molecular formula is C24H19N7O2S. The predicted octanol–water partition coefficient (Wildman–Crippen LogP) is 4.03. The summed E-state index contributed by atoms with van der Waals surface area (Å²) in [5.41, 5.74) is 8.60. The Morgan fingerprint density at radius 1 is 1.03 bits per heavy atom. The van der Waals surface area contributed by atoms with Crippen molar-refractivity contribution in [1.29, 1.82) is 0 Å². The van der Waals surface area contributed by atoms with Gasteiger partial charge in [-0.2, -0.15) is 0 Å². The Hall–Kier alpha value is -4.57. The first-order valence-electron chi connectivity index (χ1n) is 10.3. The second-order valence-corrected chi connectivity index (χ2v) is 8.45. The summed E-state index contributed by atoms with van der Waals surface area (Å²) in [6.45, 7) is 0.654. The molecule has 0 aliphatic carbocycles. The number of hydrogen-bond donors (Lipinski definition) is 3. The van der Waals surface area contributed by atoms with E-state index in [1.54, 1.807) is 30.9 Å². The summed E-state index contributed by atoms with van der Waals surface area (Å²) < 4.78 is 1.94. The van der Waals surface area contributed by atoms with E-state index in [-0.39, 0.29) is 16.6 Å². The molecule has 3 heterocycles. The predicted molar refractivity (Wildman–Crippen MR) is 131 cm³/mol. The van der Waals surface area contributed by atoms with Crippen molar-refractivity contribution in [3.05, 3.63) is 96.3 Å². The Morgan fingerprint density at radius 2 is 1.85 bits per heavy atom. The van der Waals surface area contributed by atoms with Gasteiger partial charge in [0, 0.05) is 36.1 Å². The third kappa shape index (κ3) is 4.48. The van der Waals surface area contributed by atoms with Crippen LogP contribution in [0.1, 0.15) is 26.4 Å². The van der Waals surface area contributed by atoms with Gasteiger partial charge in [0.15, 0.2) is 10.8 Å². The molecule has 0 aliphatic heterocycles. The summed E-state index contributed by atoms with van der Waals surface area (Å²) in [6, 6.07) is 16.7. The molecular weight excluding hydrogens is 450 g/mol. The smallest absolute Gasteiger partial charge is 0.270 e. The van der Waals surface area contributed by atoms with Gasteiger partial charge in [-0.3, -0.25) is 14.6 Å².